The lowest BCUT2D eigenvalue weighted by molar-refractivity contribution is -0.123. The van der Waals surface area contributed by atoms with Crippen LogP contribution in [0.5, 0.6) is 5.75 Å². The number of nitrogens with two attached hydrogens (primary N) is 1. The van der Waals surface area contributed by atoms with Crippen LogP contribution in [0.4, 0.5) is 9.93 Å². The Morgan fingerprint density at radius 3 is 2.72 bits per heavy atom. The number of aromatic nitrogens is 1. The van der Waals surface area contributed by atoms with Crippen molar-refractivity contribution in [3.63, 3.8) is 0 Å². The molecule has 1 aromatic carbocycles. The molecule has 0 bridgehead atoms. The number of urea groups is 1. The topological polar surface area (TPSA) is 225 Å². The van der Waals surface area contributed by atoms with Crippen LogP contribution >= 0.6 is 11.3 Å². The molecule has 1 fully saturated rings. The summed E-state index contributed by atoms with van der Waals surface area (Å²) in [5.41, 5.74) is 5.94. The highest BCUT2D eigenvalue weighted by Gasteiger charge is 2.41. The smallest absolute Gasteiger partial charge is 0.534 e. The summed E-state index contributed by atoms with van der Waals surface area (Å²) in [6, 6.07) is 1.68. The third-order valence-electron chi connectivity index (χ3n) is 5.52. The molecule has 3 amide bonds. The Kier molecular flexibility index (Phi) is 7.05. The normalized spacial score (nSPS) is 20.1. The number of nitrogens with one attached hydrogen (secondary N) is 2. The first-order valence-corrected chi connectivity index (χ1v) is 12.8. The summed E-state index contributed by atoms with van der Waals surface area (Å²) in [6.07, 6.45) is 0.163. The number of hydroxylamine groups is 1. The number of carboxylic acids is 1. The first kappa shape index (κ1) is 25.6. The fourth-order valence-electron chi connectivity index (χ4n) is 3.79. The van der Waals surface area contributed by atoms with Crippen molar-refractivity contribution >= 4 is 51.7 Å². The van der Waals surface area contributed by atoms with Crippen LogP contribution in [0.25, 0.3) is 0 Å². The van der Waals surface area contributed by atoms with E-state index in [4.69, 9.17) is 10.4 Å². The van der Waals surface area contributed by atoms with Gasteiger partial charge in [0, 0.05) is 18.5 Å². The molecule has 1 aromatic heterocycles. The van der Waals surface area contributed by atoms with Gasteiger partial charge in [0.2, 0.25) is 5.91 Å². The lowest BCUT2D eigenvalue weighted by Crippen LogP contribution is -2.58. The van der Waals surface area contributed by atoms with Crippen molar-refractivity contribution in [1.29, 1.82) is 0 Å². The minimum absolute atomic E-state index is 0.00318. The summed E-state index contributed by atoms with van der Waals surface area (Å²) < 4.78 is 30.4. The van der Waals surface area contributed by atoms with Gasteiger partial charge in [-0.05, 0) is 24.5 Å². The number of carbonyl (C=O) groups excluding carboxylic acids is 2. The zero-order valence-electron chi connectivity index (χ0n) is 18.4. The molecule has 18 heteroatoms. The van der Waals surface area contributed by atoms with E-state index in [0.29, 0.717) is 9.87 Å². The molecule has 0 radical (unpaired) electrons. The molecule has 3 heterocycles. The predicted octanol–water partition coefficient (Wildman–Crippen LogP) is -1.04. The van der Waals surface area contributed by atoms with E-state index in [1.54, 1.807) is 6.07 Å². The number of anilines is 1. The Labute approximate surface area is 208 Å². The van der Waals surface area contributed by atoms with Crippen LogP contribution in [0.3, 0.4) is 0 Å². The van der Waals surface area contributed by atoms with Gasteiger partial charge < -0.3 is 31.2 Å². The average molecular weight is 540 g/mol. The highest BCUT2D eigenvalue weighted by Crippen LogP contribution is 2.30. The van der Waals surface area contributed by atoms with Gasteiger partial charge in [-0.25, -0.2) is 18.9 Å². The summed E-state index contributed by atoms with van der Waals surface area (Å²) >= 11 is 0.980. The zero-order chi connectivity index (χ0) is 26.2. The summed E-state index contributed by atoms with van der Waals surface area (Å²) in [6.45, 7) is -0.417. The van der Waals surface area contributed by atoms with Crippen molar-refractivity contribution < 1.29 is 42.8 Å². The quantitative estimate of drug-likeness (QED) is 0.251. The average Bonchev–Trinajstić information content (AvgIpc) is 3.24. The lowest BCUT2D eigenvalue weighted by atomic mass is 9.72. The maximum absolute atomic E-state index is 13.2. The van der Waals surface area contributed by atoms with Gasteiger partial charge in [0.15, 0.2) is 11.2 Å². The minimum atomic E-state index is -4.50. The summed E-state index contributed by atoms with van der Waals surface area (Å²) in [5.74, 6) is -3.19. The molecular formula is C18H21BN6O9S2. The first-order valence-electron chi connectivity index (χ1n) is 10.5. The van der Waals surface area contributed by atoms with Crippen molar-refractivity contribution in [2.75, 3.05) is 18.8 Å². The first-order chi connectivity index (χ1) is 17.0. The number of hydrogen-bond donors (Lipinski definition) is 6. The van der Waals surface area contributed by atoms with E-state index >= 15 is 0 Å². The molecular weight excluding hydrogens is 519 g/mol. The molecule has 2 atom stereocenters. The van der Waals surface area contributed by atoms with Crippen LogP contribution in [-0.2, 0) is 21.4 Å². The van der Waals surface area contributed by atoms with Crippen LogP contribution in [0.2, 0.25) is 0 Å². The van der Waals surface area contributed by atoms with Crippen LogP contribution in [0.1, 0.15) is 34.1 Å². The molecule has 1 saturated heterocycles. The number of thiazole rings is 1. The summed E-state index contributed by atoms with van der Waals surface area (Å²) in [5, 5.41) is 35.7. The van der Waals surface area contributed by atoms with Crippen LogP contribution in [0, 0.1) is 0 Å². The van der Waals surface area contributed by atoms with Gasteiger partial charge in [0.05, 0.1) is 17.2 Å². The SMILES string of the molecule is Nc1nc(C(NC(=O)N2CCCN(O)S2(=O)=O)C(=O)N[C@H]2Cc3cccc(C(=O)O)c3OB2O)cs1. The number of aromatic carboxylic acids is 1. The van der Waals surface area contributed by atoms with Crippen molar-refractivity contribution in [2.45, 2.75) is 24.8 Å². The lowest BCUT2D eigenvalue weighted by Gasteiger charge is -2.32. The predicted molar refractivity (Wildman–Crippen MR) is 124 cm³/mol. The molecule has 0 saturated carbocycles. The second kappa shape index (κ2) is 9.90. The van der Waals surface area contributed by atoms with E-state index in [0.717, 1.165) is 11.3 Å². The zero-order valence-corrected chi connectivity index (χ0v) is 20.0. The van der Waals surface area contributed by atoms with Gasteiger partial charge in [0.25, 0.3) is 0 Å². The van der Waals surface area contributed by atoms with Crippen LogP contribution in [0.15, 0.2) is 23.6 Å². The van der Waals surface area contributed by atoms with Gasteiger partial charge in [-0.2, -0.15) is 8.42 Å². The molecule has 7 N–H and O–H groups in total. The molecule has 2 aliphatic heterocycles. The fraction of sp³-hybridized carbons (Fsp3) is 0.333. The Morgan fingerprint density at radius 1 is 1.31 bits per heavy atom. The highest BCUT2D eigenvalue weighted by molar-refractivity contribution is 7.87. The number of nitrogen functional groups attached to an aromatic ring is 1. The van der Waals surface area contributed by atoms with Crippen LogP contribution in [-0.4, -0.2) is 81.6 Å². The molecule has 2 aromatic rings. The van der Waals surface area contributed by atoms with Gasteiger partial charge in [-0.3, -0.25) is 10.0 Å². The third kappa shape index (κ3) is 4.93. The van der Waals surface area contributed by atoms with Gasteiger partial charge in [-0.15, -0.1) is 11.3 Å². The van der Waals surface area contributed by atoms with Crippen LogP contribution < -0.4 is 21.0 Å². The van der Waals surface area contributed by atoms with E-state index < -0.39 is 47.2 Å². The van der Waals surface area contributed by atoms with E-state index in [-0.39, 0.29) is 52.5 Å². The number of nitrogens with zero attached hydrogens (tertiary/aromatic N) is 3. The Hall–Kier alpha value is -3.45. The van der Waals surface area contributed by atoms with E-state index in [1.165, 1.54) is 17.5 Å². The molecule has 192 valence electrons. The Bertz CT molecular complexity index is 1310. The molecule has 4 rings (SSSR count). The number of fused-ring (bicyclic) bond motifs is 1. The van der Waals surface area contributed by atoms with Crippen molar-refractivity contribution in [3.05, 3.63) is 40.4 Å². The van der Waals surface area contributed by atoms with Gasteiger partial charge in [-0.1, -0.05) is 16.6 Å². The van der Waals surface area contributed by atoms with Crippen molar-refractivity contribution in [1.82, 2.24) is 24.4 Å². The summed E-state index contributed by atoms with van der Waals surface area (Å²) in [7, 11) is -6.12. The molecule has 1 unspecified atom stereocenters. The number of hydrogen-bond acceptors (Lipinski definition) is 11. The highest BCUT2D eigenvalue weighted by atomic mass is 32.2. The third-order valence-corrected chi connectivity index (χ3v) is 7.84. The second-order valence-electron chi connectivity index (χ2n) is 7.90. The number of rotatable bonds is 5. The Morgan fingerprint density at radius 2 is 2.06 bits per heavy atom. The van der Waals surface area contributed by atoms with E-state index in [2.05, 4.69) is 15.6 Å². The molecule has 36 heavy (non-hydrogen) atoms. The van der Waals surface area contributed by atoms with E-state index in [1.807, 2.05) is 0 Å². The number of para-hydroxylation sites is 1. The Balaban J connectivity index is 1.55. The summed E-state index contributed by atoms with van der Waals surface area (Å²) in [4.78, 5) is 41.4. The number of carboxylic acid groups (broad SMARTS) is 1. The number of carbonyl (C=O) groups is 3. The molecule has 2 aliphatic rings. The molecule has 15 nitrogen and oxygen atoms in total. The maximum atomic E-state index is 13.2. The standard InChI is InChI=1S/C18H21BN6O9S2/c20-17-21-11(8-35-17)13(23-18(29)24-5-2-6-25(31)36(24,32)33)15(26)22-12-7-9-3-1-4-10(16(27)28)14(9)34-19(12)30/h1,3-4,8,12-13,30-31H,2,5-7H2,(H2,20,21)(H,22,26)(H,23,29)(H,27,28)/t12-,13?/m0/s1. The number of benzene rings is 1. The van der Waals surface area contributed by atoms with Crippen molar-refractivity contribution in [2.24, 2.45) is 0 Å². The largest absolute Gasteiger partial charge is 0.547 e. The molecule has 0 spiro atoms. The maximum Gasteiger partial charge on any atom is 0.547 e. The van der Waals surface area contributed by atoms with E-state index in [9.17, 15) is 38.1 Å². The monoisotopic (exact) mass is 540 g/mol. The van der Waals surface area contributed by atoms with Crippen molar-refractivity contribution in [3.8, 4) is 5.75 Å². The van der Waals surface area contributed by atoms with Gasteiger partial charge in [0.1, 0.15) is 5.75 Å². The number of amides is 3. The second-order valence-corrected chi connectivity index (χ2v) is 10.5. The fourth-order valence-corrected chi connectivity index (χ4v) is 5.58. The minimum Gasteiger partial charge on any atom is -0.534 e. The van der Waals surface area contributed by atoms with Gasteiger partial charge >= 0.3 is 29.3 Å². The molecule has 0 aliphatic carbocycles.